The second-order valence-corrected chi connectivity index (χ2v) is 7.39. The van der Waals surface area contributed by atoms with E-state index in [-0.39, 0.29) is 16.9 Å². The monoisotopic (exact) mass is 261 g/mol. The topological polar surface area (TPSA) is 29.1 Å². The molecule has 0 spiro atoms. The molecular weight excluding hydrogens is 234 g/mol. The van der Waals surface area contributed by atoms with Gasteiger partial charge in [-0.15, -0.1) is 0 Å². The number of hydrogen-bond acceptors (Lipinski definition) is 1. The third-order valence-electron chi connectivity index (χ3n) is 3.05. The summed E-state index contributed by atoms with van der Waals surface area (Å²) in [5, 5.41) is 3.15. The van der Waals surface area contributed by atoms with E-state index in [0.29, 0.717) is 0 Å². The van der Waals surface area contributed by atoms with E-state index in [4.69, 9.17) is 0 Å². The summed E-state index contributed by atoms with van der Waals surface area (Å²) in [5.74, 6) is 0.0201. The Morgan fingerprint density at radius 1 is 1.11 bits per heavy atom. The van der Waals surface area contributed by atoms with Crippen LogP contribution in [0.15, 0.2) is 18.2 Å². The molecule has 0 atom stereocenters. The van der Waals surface area contributed by atoms with Gasteiger partial charge in [0.05, 0.1) is 0 Å². The highest BCUT2D eigenvalue weighted by molar-refractivity contribution is 5.96. The zero-order valence-electron chi connectivity index (χ0n) is 13.3. The minimum absolute atomic E-state index is 0.0201. The maximum atomic E-state index is 12.4. The van der Waals surface area contributed by atoms with E-state index < -0.39 is 0 Å². The Morgan fingerprint density at radius 3 is 2.16 bits per heavy atom. The lowest BCUT2D eigenvalue weighted by molar-refractivity contribution is 0.0891. The van der Waals surface area contributed by atoms with Gasteiger partial charge >= 0.3 is 0 Å². The fourth-order valence-corrected chi connectivity index (χ4v) is 2.81. The summed E-state index contributed by atoms with van der Waals surface area (Å²) in [4.78, 5) is 12.4. The third-order valence-corrected chi connectivity index (χ3v) is 3.05. The van der Waals surface area contributed by atoms with Gasteiger partial charge in [-0.3, -0.25) is 4.79 Å². The van der Waals surface area contributed by atoms with Crippen LogP contribution in [0.25, 0.3) is 0 Å². The summed E-state index contributed by atoms with van der Waals surface area (Å²) in [6.45, 7) is 14.8. The van der Waals surface area contributed by atoms with E-state index in [1.165, 1.54) is 5.56 Å². The molecule has 0 unspecified atom stereocenters. The maximum absolute atomic E-state index is 12.4. The van der Waals surface area contributed by atoms with E-state index in [9.17, 15) is 4.79 Å². The Bertz CT molecular complexity index is 467. The molecule has 0 fully saturated rings. The first-order valence-electron chi connectivity index (χ1n) is 6.90. The minimum Gasteiger partial charge on any atom is -0.347 e. The maximum Gasteiger partial charge on any atom is 0.251 e. The number of benzene rings is 1. The second-order valence-electron chi connectivity index (χ2n) is 7.39. The molecule has 0 bridgehead atoms. The number of rotatable bonds is 3. The van der Waals surface area contributed by atoms with E-state index in [1.807, 2.05) is 32.0 Å². The van der Waals surface area contributed by atoms with Crippen molar-refractivity contribution in [2.75, 3.05) is 0 Å². The Hall–Kier alpha value is -1.31. The number of hydrogen-bond donors (Lipinski definition) is 1. The highest BCUT2D eigenvalue weighted by Crippen LogP contribution is 2.27. The molecule has 1 rings (SSSR count). The fourth-order valence-electron chi connectivity index (χ4n) is 2.81. The van der Waals surface area contributed by atoms with Gasteiger partial charge in [0.1, 0.15) is 0 Å². The zero-order chi connectivity index (χ0) is 14.8. The van der Waals surface area contributed by atoms with E-state index in [0.717, 1.165) is 17.5 Å². The summed E-state index contributed by atoms with van der Waals surface area (Å²) in [6, 6.07) is 5.94. The smallest absolute Gasteiger partial charge is 0.251 e. The van der Waals surface area contributed by atoms with Gasteiger partial charge < -0.3 is 5.32 Å². The molecule has 19 heavy (non-hydrogen) atoms. The van der Waals surface area contributed by atoms with E-state index >= 15 is 0 Å². The van der Waals surface area contributed by atoms with Crippen molar-refractivity contribution in [3.05, 3.63) is 34.9 Å². The molecule has 0 heterocycles. The van der Waals surface area contributed by atoms with Crippen molar-refractivity contribution in [2.45, 2.75) is 60.4 Å². The quantitative estimate of drug-likeness (QED) is 0.866. The van der Waals surface area contributed by atoms with Crippen LogP contribution in [0.5, 0.6) is 0 Å². The van der Waals surface area contributed by atoms with E-state index in [1.54, 1.807) is 0 Å². The standard InChI is InChI=1S/C17H27NO/c1-12-8-9-14(13(2)10-12)15(19)18-17(6,7)11-16(3,4)5/h8-10H,11H2,1-7H3,(H,18,19). The predicted molar refractivity (Wildman–Crippen MR) is 81.5 cm³/mol. The lowest BCUT2D eigenvalue weighted by atomic mass is 9.81. The predicted octanol–water partition coefficient (Wildman–Crippen LogP) is 4.25. The van der Waals surface area contributed by atoms with Crippen LogP contribution in [0.1, 0.15) is 62.5 Å². The number of amides is 1. The Balaban J connectivity index is 2.84. The molecule has 0 saturated heterocycles. The van der Waals surface area contributed by atoms with Crippen molar-refractivity contribution < 1.29 is 4.79 Å². The second kappa shape index (κ2) is 5.36. The molecule has 0 radical (unpaired) electrons. The summed E-state index contributed by atoms with van der Waals surface area (Å²) in [5.41, 5.74) is 2.98. The lowest BCUT2D eigenvalue weighted by Crippen LogP contribution is -2.46. The van der Waals surface area contributed by atoms with Gasteiger partial charge in [0.15, 0.2) is 0 Å². The highest BCUT2D eigenvalue weighted by Gasteiger charge is 2.27. The molecule has 0 aliphatic heterocycles. The number of aryl methyl sites for hydroxylation is 2. The van der Waals surface area contributed by atoms with Gasteiger partial charge in [-0.2, -0.15) is 0 Å². The van der Waals surface area contributed by atoms with Crippen LogP contribution in [0.2, 0.25) is 0 Å². The first kappa shape index (κ1) is 15.7. The molecule has 2 heteroatoms. The molecule has 1 aromatic carbocycles. The van der Waals surface area contributed by atoms with Crippen molar-refractivity contribution in [2.24, 2.45) is 5.41 Å². The molecule has 0 aliphatic rings. The van der Waals surface area contributed by atoms with Gasteiger partial charge in [-0.05, 0) is 51.2 Å². The summed E-state index contributed by atoms with van der Waals surface area (Å²) < 4.78 is 0. The molecule has 1 aromatic rings. The van der Waals surface area contributed by atoms with Gasteiger partial charge in [0.2, 0.25) is 0 Å². The van der Waals surface area contributed by atoms with Crippen molar-refractivity contribution in [1.29, 1.82) is 0 Å². The van der Waals surface area contributed by atoms with Gasteiger partial charge in [-0.25, -0.2) is 0 Å². The molecule has 106 valence electrons. The summed E-state index contributed by atoms with van der Waals surface area (Å²) in [7, 11) is 0. The van der Waals surface area contributed by atoms with Gasteiger partial charge in [0, 0.05) is 11.1 Å². The van der Waals surface area contributed by atoms with Crippen LogP contribution in [0.4, 0.5) is 0 Å². The average Bonchev–Trinajstić information content (AvgIpc) is 2.11. The Labute approximate surface area is 117 Å². The highest BCUT2D eigenvalue weighted by atomic mass is 16.1. The largest absolute Gasteiger partial charge is 0.347 e. The molecule has 1 N–H and O–H groups in total. The van der Waals surface area contributed by atoms with Crippen LogP contribution in [0.3, 0.4) is 0 Å². The molecular formula is C17H27NO. The minimum atomic E-state index is -0.202. The normalized spacial score (nSPS) is 12.4. The molecule has 0 saturated carbocycles. The Kier molecular flexibility index (Phi) is 4.44. The van der Waals surface area contributed by atoms with Crippen molar-refractivity contribution in [3.63, 3.8) is 0 Å². The van der Waals surface area contributed by atoms with Crippen molar-refractivity contribution in [1.82, 2.24) is 5.32 Å². The van der Waals surface area contributed by atoms with Crippen molar-refractivity contribution in [3.8, 4) is 0 Å². The lowest BCUT2D eigenvalue weighted by Gasteiger charge is -2.33. The van der Waals surface area contributed by atoms with Crippen LogP contribution in [0, 0.1) is 19.3 Å². The van der Waals surface area contributed by atoms with Crippen LogP contribution in [-0.2, 0) is 0 Å². The number of carbonyl (C=O) groups is 1. The van der Waals surface area contributed by atoms with Crippen LogP contribution < -0.4 is 5.32 Å². The van der Waals surface area contributed by atoms with Crippen molar-refractivity contribution >= 4 is 5.91 Å². The Morgan fingerprint density at radius 2 is 1.68 bits per heavy atom. The fraction of sp³-hybridized carbons (Fsp3) is 0.588. The number of carbonyl (C=O) groups excluding carboxylic acids is 1. The van der Waals surface area contributed by atoms with Gasteiger partial charge in [0.25, 0.3) is 5.91 Å². The zero-order valence-corrected chi connectivity index (χ0v) is 13.3. The third kappa shape index (κ3) is 5.06. The van der Waals surface area contributed by atoms with Crippen LogP contribution in [-0.4, -0.2) is 11.4 Å². The number of nitrogens with one attached hydrogen (secondary N) is 1. The molecule has 0 aromatic heterocycles. The molecule has 2 nitrogen and oxygen atoms in total. The van der Waals surface area contributed by atoms with E-state index in [2.05, 4.69) is 39.9 Å². The SMILES string of the molecule is Cc1ccc(C(=O)NC(C)(C)CC(C)(C)C)c(C)c1. The average molecular weight is 261 g/mol. The molecule has 1 amide bonds. The first-order chi connectivity index (χ1) is 8.50. The van der Waals surface area contributed by atoms with Crippen LogP contribution >= 0.6 is 0 Å². The summed E-state index contributed by atoms with van der Waals surface area (Å²) >= 11 is 0. The summed E-state index contributed by atoms with van der Waals surface area (Å²) in [6.07, 6.45) is 0.941. The van der Waals surface area contributed by atoms with Gasteiger partial charge in [-0.1, -0.05) is 38.5 Å². The molecule has 0 aliphatic carbocycles. The first-order valence-corrected chi connectivity index (χ1v) is 6.90.